The van der Waals surface area contributed by atoms with Crippen molar-refractivity contribution in [1.82, 2.24) is 4.31 Å². The average molecular weight is 462 g/mol. The van der Waals surface area contributed by atoms with Gasteiger partial charge >= 0.3 is 6.18 Å². The van der Waals surface area contributed by atoms with Crippen molar-refractivity contribution in [3.05, 3.63) is 59.1 Å². The fourth-order valence-corrected chi connectivity index (χ4v) is 5.11. The highest BCUT2D eigenvalue weighted by molar-refractivity contribution is 7.89. The minimum absolute atomic E-state index is 0.00147. The SMILES string of the molecule is NC1(C(=O)Nc2cccc(C(F)(F)F)c2)CCN(S(=O)(=O)c2ccccc2Cl)CC1. The lowest BCUT2D eigenvalue weighted by Crippen LogP contribution is -2.58. The van der Waals surface area contributed by atoms with Gasteiger partial charge in [0.2, 0.25) is 15.9 Å². The Morgan fingerprint density at radius 1 is 1.10 bits per heavy atom. The fourth-order valence-electron chi connectivity index (χ4n) is 3.17. The molecule has 6 nitrogen and oxygen atoms in total. The molecule has 0 unspecified atom stereocenters. The van der Waals surface area contributed by atoms with E-state index >= 15 is 0 Å². The predicted octanol–water partition coefficient (Wildman–Crippen LogP) is 3.48. The van der Waals surface area contributed by atoms with Gasteiger partial charge in [-0.1, -0.05) is 29.8 Å². The van der Waals surface area contributed by atoms with Gasteiger partial charge in [0.1, 0.15) is 4.90 Å². The number of amides is 1. The molecular weight excluding hydrogens is 443 g/mol. The van der Waals surface area contributed by atoms with Gasteiger partial charge in [0.05, 0.1) is 16.1 Å². The quantitative estimate of drug-likeness (QED) is 0.729. The highest BCUT2D eigenvalue weighted by atomic mass is 35.5. The summed E-state index contributed by atoms with van der Waals surface area (Å²) in [7, 11) is -3.86. The maximum Gasteiger partial charge on any atom is 0.416 e. The van der Waals surface area contributed by atoms with Gasteiger partial charge in [-0.25, -0.2) is 8.42 Å². The van der Waals surface area contributed by atoms with Gasteiger partial charge in [-0.05, 0) is 43.2 Å². The molecule has 1 fully saturated rings. The summed E-state index contributed by atoms with van der Waals surface area (Å²) in [5.74, 6) is -0.670. The molecule has 0 atom stereocenters. The molecule has 3 N–H and O–H groups in total. The first-order chi connectivity index (χ1) is 13.9. The van der Waals surface area contributed by atoms with Crippen molar-refractivity contribution >= 4 is 33.2 Å². The number of anilines is 1. The van der Waals surface area contributed by atoms with Gasteiger partial charge in [0.25, 0.3) is 0 Å². The smallest absolute Gasteiger partial charge is 0.324 e. The van der Waals surface area contributed by atoms with Crippen LogP contribution >= 0.6 is 11.6 Å². The van der Waals surface area contributed by atoms with E-state index in [1.165, 1.54) is 28.6 Å². The molecular formula is C19H19ClF3N3O3S. The lowest BCUT2D eigenvalue weighted by Gasteiger charge is -2.37. The van der Waals surface area contributed by atoms with Crippen LogP contribution in [0.3, 0.4) is 0 Å². The second kappa shape index (κ2) is 8.18. The van der Waals surface area contributed by atoms with E-state index in [2.05, 4.69) is 5.32 Å². The molecule has 0 spiro atoms. The number of nitrogens with zero attached hydrogens (tertiary/aromatic N) is 1. The molecule has 2 aromatic rings. The number of carbonyl (C=O) groups is 1. The molecule has 162 valence electrons. The highest BCUT2D eigenvalue weighted by Crippen LogP contribution is 2.32. The van der Waals surface area contributed by atoms with Crippen LogP contribution in [-0.2, 0) is 21.0 Å². The highest BCUT2D eigenvalue weighted by Gasteiger charge is 2.41. The van der Waals surface area contributed by atoms with E-state index in [0.717, 1.165) is 12.1 Å². The Labute approximate surface area is 176 Å². The number of piperidine rings is 1. The van der Waals surface area contributed by atoms with Crippen LogP contribution in [0.4, 0.5) is 18.9 Å². The number of nitrogens with two attached hydrogens (primary N) is 1. The van der Waals surface area contributed by atoms with E-state index < -0.39 is 33.2 Å². The second-order valence-corrected chi connectivity index (χ2v) is 9.34. The molecule has 30 heavy (non-hydrogen) atoms. The summed E-state index contributed by atoms with van der Waals surface area (Å²) in [5, 5.41) is 2.49. The van der Waals surface area contributed by atoms with Gasteiger partial charge in [-0.15, -0.1) is 0 Å². The van der Waals surface area contributed by atoms with E-state index in [1.54, 1.807) is 12.1 Å². The summed E-state index contributed by atoms with van der Waals surface area (Å²) in [6.45, 7) is -0.0554. The third-order valence-corrected chi connectivity index (χ3v) is 7.37. The Morgan fingerprint density at radius 2 is 1.73 bits per heavy atom. The maximum absolute atomic E-state index is 12.8. The van der Waals surface area contributed by atoms with E-state index in [1.807, 2.05) is 0 Å². The monoisotopic (exact) mass is 461 g/mol. The van der Waals surface area contributed by atoms with Crippen molar-refractivity contribution in [3.8, 4) is 0 Å². The van der Waals surface area contributed by atoms with Crippen molar-refractivity contribution in [1.29, 1.82) is 0 Å². The molecule has 0 aromatic heterocycles. The van der Waals surface area contributed by atoms with Crippen LogP contribution in [0.15, 0.2) is 53.4 Å². The molecule has 0 bridgehead atoms. The number of hydrogen-bond acceptors (Lipinski definition) is 4. The Kier molecular flexibility index (Phi) is 6.15. The second-order valence-electron chi connectivity index (χ2n) is 7.02. The number of hydrogen-bond donors (Lipinski definition) is 2. The van der Waals surface area contributed by atoms with Crippen molar-refractivity contribution in [2.45, 2.75) is 29.5 Å². The standard InChI is InChI=1S/C19H19ClF3N3O3S/c20-15-6-1-2-7-16(15)30(28,29)26-10-8-18(24,9-11-26)17(27)25-14-5-3-4-13(12-14)19(21,22)23/h1-7,12H,8-11,24H2,(H,25,27). The van der Waals surface area contributed by atoms with Gasteiger partial charge in [-0.2, -0.15) is 17.5 Å². The van der Waals surface area contributed by atoms with E-state index in [-0.39, 0.29) is 41.5 Å². The minimum atomic E-state index is -4.54. The summed E-state index contributed by atoms with van der Waals surface area (Å²) in [5.41, 5.74) is 3.82. The third kappa shape index (κ3) is 4.61. The van der Waals surface area contributed by atoms with Crippen LogP contribution in [-0.4, -0.2) is 37.3 Å². The van der Waals surface area contributed by atoms with Crippen LogP contribution in [0.25, 0.3) is 0 Å². The van der Waals surface area contributed by atoms with Crippen molar-refractivity contribution in [3.63, 3.8) is 0 Å². The number of alkyl halides is 3. The Bertz CT molecular complexity index is 1050. The molecule has 1 saturated heterocycles. The largest absolute Gasteiger partial charge is 0.416 e. The van der Waals surface area contributed by atoms with E-state index in [9.17, 15) is 26.4 Å². The molecule has 1 heterocycles. The molecule has 1 amide bonds. The average Bonchev–Trinajstić information content (AvgIpc) is 2.68. The zero-order valence-corrected chi connectivity index (χ0v) is 17.2. The lowest BCUT2D eigenvalue weighted by molar-refractivity contribution is -0.137. The van der Waals surface area contributed by atoms with Crippen LogP contribution < -0.4 is 11.1 Å². The molecule has 11 heteroatoms. The summed E-state index contributed by atoms with van der Waals surface area (Å²) in [6.07, 6.45) is -4.54. The number of rotatable bonds is 4. The Morgan fingerprint density at radius 3 is 2.33 bits per heavy atom. The summed E-state index contributed by atoms with van der Waals surface area (Å²) in [4.78, 5) is 12.6. The number of carbonyl (C=O) groups excluding carboxylic acids is 1. The zero-order chi connectivity index (χ0) is 22.2. The van der Waals surface area contributed by atoms with Crippen LogP contribution in [0, 0.1) is 0 Å². The third-order valence-electron chi connectivity index (χ3n) is 4.97. The van der Waals surface area contributed by atoms with Crippen LogP contribution in [0.5, 0.6) is 0 Å². The lowest BCUT2D eigenvalue weighted by atomic mass is 9.88. The first-order valence-electron chi connectivity index (χ1n) is 8.96. The molecule has 3 rings (SSSR count). The van der Waals surface area contributed by atoms with Gasteiger partial charge in [0.15, 0.2) is 0 Å². The summed E-state index contributed by atoms with van der Waals surface area (Å²) >= 11 is 5.99. The molecule has 1 aliphatic heterocycles. The van der Waals surface area contributed by atoms with Gasteiger partial charge < -0.3 is 11.1 Å². The predicted molar refractivity (Wildman–Crippen MR) is 106 cm³/mol. The number of sulfonamides is 1. The van der Waals surface area contributed by atoms with Crippen molar-refractivity contribution < 1.29 is 26.4 Å². The molecule has 0 aliphatic carbocycles. The van der Waals surface area contributed by atoms with Crippen molar-refractivity contribution in [2.24, 2.45) is 5.73 Å². The zero-order valence-electron chi connectivity index (χ0n) is 15.6. The van der Waals surface area contributed by atoms with Gasteiger partial charge in [0, 0.05) is 18.8 Å². The topological polar surface area (TPSA) is 92.5 Å². The molecule has 0 saturated carbocycles. The summed E-state index contributed by atoms with van der Waals surface area (Å²) < 4.78 is 65.3. The fraction of sp³-hybridized carbons (Fsp3) is 0.316. The maximum atomic E-state index is 12.8. The van der Waals surface area contributed by atoms with Gasteiger partial charge in [-0.3, -0.25) is 4.79 Å². The van der Waals surface area contributed by atoms with Crippen LogP contribution in [0.1, 0.15) is 18.4 Å². The molecule has 2 aromatic carbocycles. The number of halogens is 4. The van der Waals surface area contributed by atoms with E-state index in [0.29, 0.717) is 0 Å². The number of nitrogens with one attached hydrogen (secondary N) is 1. The van der Waals surface area contributed by atoms with Crippen LogP contribution in [0.2, 0.25) is 5.02 Å². The normalized spacial score (nSPS) is 17.5. The first-order valence-corrected chi connectivity index (χ1v) is 10.8. The molecule has 1 aliphatic rings. The first kappa shape index (κ1) is 22.5. The number of benzene rings is 2. The molecule has 0 radical (unpaired) electrons. The minimum Gasteiger partial charge on any atom is -0.324 e. The summed E-state index contributed by atoms with van der Waals surface area (Å²) in [6, 6.07) is 10.2. The van der Waals surface area contributed by atoms with Crippen molar-refractivity contribution in [2.75, 3.05) is 18.4 Å². The Hall–Kier alpha value is -2.14. The van der Waals surface area contributed by atoms with E-state index in [4.69, 9.17) is 17.3 Å². The Balaban J connectivity index is 1.70.